The lowest BCUT2D eigenvalue weighted by Crippen LogP contribution is -2.00. The Morgan fingerprint density at radius 3 is 3.00 bits per heavy atom. The summed E-state index contributed by atoms with van der Waals surface area (Å²) in [6.45, 7) is 3.16. The quantitative estimate of drug-likeness (QED) is 0.867. The Labute approximate surface area is 125 Å². The number of rotatable bonds is 6. The molecule has 1 aromatic carbocycles. The lowest BCUT2D eigenvalue weighted by atomic mass is 10.2. The monoisotopic (exact) mass is 340 g/mol. The molecule has 0 aliphatic rings. The van der Waals surface area contributed by atoms with Crippen LogP contribution < -0.4 is 10.5 Å². The van der Waals surface area contributed by atoms with Crippen LogP contribution in [-0.4, -0.2) is 4.98 Å². The molecule has 0 amide bonds. The average Bonchev–Trinajstić information content (AvgIpc) is 2.86. The van der Waals surface area contributed by atoms with Gasteiger partial charge in [0.2, 0.25) is 0 Å². The van der Waals surface area contributed by atoms with Crippen molar-refractivity contribution in [1.82, 2.24) is 4.98 Å². The van der Waals surface area contributed by atoms with Crippen LogP contribution in [0.3, 0.4) is 0 Å². The summed E-state index contributed by atoms with van der Waals surface area (Å²) in [4.78, 5) is 4.53. The Morgan fingerprint density at radius 1 is 1.42 bits per heavy atom. The lowest BCUT2D eigenvalue weighted by Gasteiger charge is -2.07. The molecule has 2 aromatic rings. The first-order chi connectivity index (χ1) is 9.22. The van der Waals surface area contributed by atoms with Crippen LogP contribution in [0.4, 0.5) is 0 Å². The topological polar surface area (TPSA) is 48.1 Å². The molecule has 2 N–H and O–H groups in total. The van der Waals surface area contributed by atoms with Crippen LogP contribution >= 0.6 is 27.3 Å². The number of nitrogens with zero attached hydrogens (tertiary/aromatic N) is 1. The Kier molecular flexibility index (Phi) is 5.36. The van der Waals surface area contributed by atoms with Gasteiger partial charge in [-0.2, -0.15) is 0 Å². The van der Waals surface area contributed by atoms with Crippen molar-refractivity contribution in [1.29, 1.82) is 0 Å². The van der Waals surface area contributed by atoms with E-state index in [4.69, 9.17) is 10.5 Å². The number of benzene rings is 1. The third kappa shape index (κ3) is 4.03. The summed E-state index contributed by atoms with van der Waals surface area (Å²) >= 11 is 5.16. The molecule has 0 aliphatic heterocycles. The van der Waals surface area contributed by atoms with Gasteiger partial charge < -0.3 is 10.5 Å². The predicted molar refractivity (Wildman–Crippen MR) is 82.5 cm³/mol. The second-order valence-corrected chi connectivity index (χ2v) is 6.03. The minimum atomic E-state index is 0.495. The van der Waals surface area contributed by atoms with E-state index in [0.29, 0.717) is 13.2 Å². The average molecular weight is 341 g/mol. The highest BCUT2D eigenvalue weighted by molar-refractivity contribution is 9.10. The van der Waals surface area contributed by atoms with Gasteiger partial charge in [0, 0.05) is 16.4 Å². The van der Waals surface area contributed by atoms with E-state index in [-0.39, 0.29) is 0 Å². The molecule has 0 spiro atoms. The molecule has 19 heavy (non-hydrogen) atoms. The smallest absolute Gasteiger partial charge is 0.131 e. The second-order valence-electron chi connectivity index (χ2n) is 4.23. The molecule has 0 saturated carbocycles. The number of aromatic nitrogens is 1. The summed E-state index contributed by atoms with van der Waals surface area (Å²) in [6, 6.07) is 5.85. The normalized spacial score (nSPS) is 10.7. The third-order valence-electron chi connectivity index (χ3n) is 2.69. The second kappa shape index (κ2) is 7.03. The number of thiazole rings is 1. The van der Waals surface area contributed by atoms with Crippen LogP contribution in [0.2, 0.25) is 0 Å². The highest BCUT2D eigenvalue weighted by Gasteiger charge is 2.04. The number of nitrogens with two attached hydrogens (primary N) is 1. The lowest BCUT2D eigenvalue weighted by molar-refractivity contribution is 0.301. The van der Waals surface area contributed by atoms with E-state index >= 15 is 0 Å². The van der Waals surface area contributed by atoms with Crippen molar-refractivity contribution in [2.75, 3.05) is 0 Å². The van der Waals surface area contributed by atoms with Gasteiger partial charge in [-0.15, -0.1) is 11.3 Å². The third-order valence-corrected chi connectivity index (χ3v) is 4.42. The van der Waals surface area contributed by atoms with E-state index in [2.05, 4.69) is 33.2 Å². The van der Waals surface area contributed by atoms with Crippen molar-refractivity contribution in [3.05, 3.63) is 44.3 Å². The largest absolute Gasteiger partial charge is 0.487 e. The van der Waals surface area contributed by atoms with Gasteiger partial charge >= 0.3 is 0 Å². The summed E-state index contributed by atoms with van der Waals surface area (Å²) in [5, 5.41) is 3.24. The predicted octanol–water partition coefficient (Wildman–Crippen LogP) is 3.90. The molecule has 0 unspecified atom stereocenters. The van der Waals surface area contributed by atoms with E-state index in [9.17, 15) is 0 Å². The Balaban J connectivity index is 1.97. The van der Waals surface area contributed by atoms with Gasteiger partial charge in [0.15, 0.2) is 0 Å². The van der Waals surface area contributed by atoms with E-state index in [0.717, 1.165) is 34.3 Å². The van der Waals surface area contributed by atoms with Crippen LogP contribution in [0.25, 0.3) is 0 Å². The molecule has 0 fully saturated rings. The van der Waals surface area contributed by atoms with E-state index in [1.165, 1.54) is 5.01 Å². The van der Waals surface area contributed by atoms with Crippen molar-refractivity contribution in [2.24, 2.45) is 5.73 Å². The minimum absolute atomic E-state index is 0.495. The van der Waals surface area contributed by atoms with Gasteiger partial charge in [0.05, 0.1) is 10.7 Å². The molecule has 1 aromatic heterocycles. The van der Waals surface area contributed by atoms with Crippen molar-refractivity contribution < 1.29 is 4.74 Å². The highest BCUT2D eigenvalue weighted by Crippen LogP contribution is 2.23. The highest BCUT2D eigenvalue weighted by atomic mass is 79.9. The molecule has 2 rings (SSSR count). The van der Waals surface area contributed by atoms with Crippen molar-refractivity contribution in [2.45, 2.75) is 32.9 Å². The molecule has 0 bridgehead atoms. The molecule has 0 radical (unpaired) electrons. The van der Waals surface area contributed by atoms with Crippen LogP contribution in [0, 0.1) is 0 Å². The maximum Gasteiger partial charge on any atom is 0.131 e. The summed E-state index contributed by atoms with van der Waals surface area (Å²) in [5.74, 6) is 0.827. The fraction of sp³-hybridized carbons (Fsp3) is 0.357. The minimum Gasteiger partial charge on any atom is -0.487 e. The maximum absolute atomic E-state index is 5.75. The van der Waals surface area contributed by atoms with E-state index < -0.39 is 0 Å². The van der Waals surface area contributed by atoms with Gasteiger partial charge in [-0.3, -0.25) is 0 Å². The fourth-order valence-electron chi connectivity index (χ4n) is 1.70. The van der Waals surface area contributed by atoms with Crippen LogP contribution in [0.5, 0.6) is 5.75 Å². The molecule has 1 heterocycles. The maximum atomic E-state index is 5.75. The van der Waals surface area contributed by atoms with E-state index in [1.807, 2.05) is 18.2 Å². The van der Waals surface area contributed by atoms with Crippen molar-refractivity contribution in [3.63, 3.8) is 0 Å². The summed E-state index contributed by atoms with van der Waals surface area (Å²) in [7, 11) is 0. The summed E-state index contributed by atoms with van der Waals surface area (Å²) in [6.07, 6.45) is 2.17. The Hall–Kier alpha value is -0.910. The van der Waals surface area contributed by atoms with Crippen LogP contribution in [0.15, 0.2) is 28.1 Å². The number of halogens is 1. The standard InChI is InChI=1S/C14H17BrN2OS/c1-2-3-14-17-11(9-19-14)8-18-12-4-5-13(15)10(6-12)7-16/h4-6,9H,2-3,7-8,16H2,1H3. The van der Waals surface area contributed by atoms with Gasteiger partial charge in [-0.1, -0.05) is 22.9 Å². The van der Waals surface area contributed by atoms with Crippen molar-refractivity contribution >= 4 is 27.3 Å². The molecule has 0 aliphatic carbocycles. The molecule has 5 heteroatoms. The SMILES string of the molecule is CCCc1nc(COc2ccc(Br)c(CN)c2)cs1. The van der Waals surface area contributed by atoms with Gasteiger partial charge in [0.1, 0.15) is 12.4 Å². The molecular formula is C14H17BrN2OS. The van der Waals surface area contributed by atoms with Gasteiger partial charge in [-0.25, -0.2) is 4.98 Å². The first-order valence-electron chi connectivity index (χ1n) is 6.27. The van der Waals surface area contributed by atoms with Gasteiger partial charge in [-0.05, 0) is 36.6 Å². The summed E-state index contributed by atoms with van der Waals surface area (Å²) in [5.41, 5.74) is 7.70. The first kappa shape index (κ1) is 14.5. The Bertz CT molecular complexity index is 542. The van der Waals surface area contributed by atoms with E-state index in [1.54, 1.807) is 11.3 Å². The first-order valence-corrected chi connectivity index (χ1v) is 7.94. The van der Waals surface area contributed by atoms with Crippen LogP contribution in [0.1, 0.15) is 29.6 Å². The number of hydrogen-bond donors (Lipinski definition) is 1. The zero-order valence-corrected chi connectivity index (χ0v) is 13.3. The summed E-state index contributed by atoms with van der Waals surface area (Å²) < 4.78 is 6.76. The molecule has 3 nitrogen and oxygen atoms in total. The fourth-order valence-corrected chi connectivity index (χ4v) is 2.99. The molecule has 0 saturated heterocycles. The molecular weight excluding hydrogens is 324 g/mol. The zero-order valence-electron chi connectivity index (χ0n) is 10.9. The molecule has 102 valence electrons. The van der Waals surface area contributed by atoms with Crippen molar-refractivity contribution in [3.8, 4) is 5.75 Å². The Morgan fingerprint density at radius 2 is 2.26 bits per heavy atom. The number of ether oxygens (including phenoxy) is 1. The van der Waals surface area contributed by atoms with Gasteiger partial charge in [0.25, 0.3) is 0 Å². The van der Waals surface area contributed by atoms with Crippen LogP contribution in [-0.2, 0) is 19.6 Å². The molecule has 0 atom stereocenters. The number of aryl methyl sites for hydroxylation is 1. The zero-order chi connectivity index (χ0) is 13.7. The number of hydrogen-bond acceptors (Lipinski definition) is 4.